The van der Waals surface area contributed by atoms with Crippen molar-refractivity contribution < 1.29 is 4.74 Å². The van der Waals surface area contributed by atoms with Crippen molar-refractivity contribution in [3.63, 3.8) is 0 Å². The third-order valence-corrected chi connectivity index (χ3v) is 6.17. The zero-order valence-electron chi connectivity index (χ0n) is 20.0. The first kappa shape index (κ1) is 22.3. The molecule has 176 valence electrons. The van der Waals surface area contributed by atoms with Crippen molar-refractivity contribution in [3.05, 3.63) is 66.6 Å². The highest BCUT2D eigenvalue weighted by Gasteiger charge is 2.26. The molecule has 3 heterocycles. The molecule has 0 aliphatic carbocycles. The highest BCUT2D eigenvalue weighted by atomic mass is 16.5. The summed E-state index contributed by atoms with van der Waals surface area (Å²) in [6.45, 7) is 6.19. The van der Waals surface area contributed by atoms with Crippen LogP contribution in [-0.4, -0.2) is 40.7 Å². The molecule has 0 spiro atoms. The van der Waals surface area contributed by atoms with Crippen molar-refractivity contribution in [2.75, 3.05) is 24.4 Å². The zero-order valence-corrected chi connectivity index (χ0v) is 20.0. The zero-order chi connectivity index (χ0) is 24.4. The van der Waals surface area contributed by atoms with Gasteiger partial charge in [0.05, 0.1) is 11.1 Å². The third kappa shape index (κ3) is 4.14. The average molecular weight is 466 g/mol. The van der Waals surface area contributed by atoms with E-state index in [2.05, 4.69) is 85.3 Å². The summed E-state index contributed by atoms with van der Waals surface area (Å²) in [5, 5.41) is 7.71. The van der Waals surface area contributed by atoms with E-state index >= 15 is 0 Å². The number of aromatic nitrogens is 3. The molecule has 5 rings (SSSR count). The van der Waals surface area contributed by atoms with Crippen LogP contribution in [0, 0.1) is 0 Å². The second-order valence-corrected chi connectivity index (χ2v) is 8.27. The summed E-state index contributed by atoms with van der Waals surface area (Å²) >= 11 is 0. The Morgan fingerprint density at radius 1 is 1.23 bits per heavy atom. The van der Waals surface area contributed by atoms with Gasteiger partial charge in [-0.25, -0.2) is 9.97 Å². The minimum absolute atomic E-state index is 0.226. The smallest absolute Gasteiger partial charge is 0.179 e. The summed E-state index contributed by atoms with van der Waals surface area (Å²) in [6.07, 6.45) is 5.02. The number of hydrogen-bond acceptors (Lipinski definition) is 7. The number of aryl methyl sites for hydroxylation is 1. The van der Waals surface area contributed by atoms with Crippen LogP contribution >= 0.6 is 0 Å². The quantitative estimate of drug-likeness (QED) is 0.363. The normalized spacial score (nSPS) is 12.8. The topological polar surface area (TPSA) is 88.7 Å². The van der Waals surface area contributed by atoms with Crippen LogP contribution in [0.4, 0.5) is 11.5 Å². The lowest BCUT2D eigenvalue weighted by molar-refractivity contribution is 0.331. The summed E-state index contributed by atoms with van der Waals surface area (Å²) < 4.78 is 8.07. The fourth-order valence-corrected chi connectivity index (χ4v) is 4.43. The van der Waals surface area contributed by atoms with E-state index in [1.807, 2.05) is 20.0 Å². The van der Waals surface area contributed by atoms with E-state index < -0.39 is 0 Å². The molecular weight excluding hydrogens is 438 g/mol. The molecule has 0 fully saturated rings. The molecule has 1 aliphatic rings. The van der Waals surface area contributed by atoms with E-state index in [9.17, 15) is 0 Å². The van der Waals surface area contributed by atoms with Crippen molar-refractivity contribution in [3.8, 4) is 28.1 Å². The molecule has 0 unspecified atom stereocenters. The number of rotatable bonds is 7. The van der Waals surface area contributed by atoms with E-state index in [1.54, 1.807) is 18.6 Å². The Morgan fingerprint density at radius 2 is 2.06 bits per heavy atom. The van der Waals surface area contributed by atoms with Gasteiger partial charge in [-0.3, -0.25) is 9.98 Å². The van der Waals surface area contributed by atoms with Crippen LogP contribution in [0.3, 0.4) is 0 Å². The van der Waals surface area contributed by atoms with Gasteiger partial charge in [-0.05, 0) is 60.7 Å². The summed E-state index contributed by atoms with van der Waals surface area (Å²) in [4.78, 5) is 17.3. The average Bonchev–Trinajstić information content (AvgIpc) is 3.08. The first-order valence-electron chi connectivity index (χ1n) is 11.4. The fraction of sp³-hybridized carbons (Fsp3) is 0.185. The number of aliphatic imine (C=N–C) groups is 2. The molecule has 2 aromatic heterocycles. The SMILES string of the molecule is C=N/C=C\C(C)=NCOc1ccc2c(c1)CNc1ncnc3c1c-2c(-c1ccc(NC)cc1)n3C. The van der Waals surface area contributed by atoms with Gasteiger partial charge in [0.15, 0.2) is 6.73 Å². The van der Waals surface area contributed by atoms with E-state index in [-0.39, 0.29) is 6.73 Å². The summed E-state index contributed by atoms with van der Waals surface area (Å²) in [5.74, 6) is 1.59. The van der Waals surface area contributed by atoms with Gasteiger partial charge in [0.25, 0.3) is 0 Å². The highest BCUT2D eigenvalue weighted by molar-refractivity contribution is 6.09. The van der Waals surface area contributed by atoms with Crippen LogP contribution in [0.25, 0.3) is 33.4 Å². The Hall–Kier alpha value is -4.46. The van der Waals surface area contributed by atoms with E-state index in [0.717, 1.165) is 61.9 Å². The Labute approximate surface area is 204 Å². The van der Waals surface area contributed by atoms with Crippen molar-refractivity contribution in [1.29, 1.82) is 0 Å². The maximum Gasteiger partial charge on any atom is 0.179 e. The van der Waals surface area contributed by atoms with E-state index in [0.29, 0.717) is 6.54 Å². The van der Waals surface area contributed by atoms with Crippen LogP contribution in [0.1, 0.15) is 12.5 Å². The first-order chi connectivity index (χ1) is 17.1. The number of allylic oxidation sites excluding steroid dienone is 1. The lowest BCUT2D eigenvalue weighted by Gasteiger charge is -2.13. The number of nitrogens with one attached hydrogen (secondary N) is 2. The van der Waals surface area contributed by atoms with Gasteiger partial charge in [-0.2, -0.15) is 0 Å². The molecule has 0 saturated heterocycles. The lowest BCUT2D eigenvalue weighted by Crippen LogP contribution is -2.04. The third-order valence-electron chi connectivity index (χ3n) is 6.17. The molecule has 35 heavy (non-hydrogen) atoms. The summed E-state index contributed by atoms with van der Waals surface area (Å²) in [5.41, 5.74) is 8.38. The molecule has 0 radical (unpaired) electrons. The number of anilines is 2. The predicted octanol–water partition coefficient (Wildman–Crippen LogP) is 5.28. The molecule has 2 aromatic carbocycles. The summed E-state index contributed by atoms with van der Waals surface area (Å²) in [6, 6.07) is 14.6. The lowest BCUT2D eigenvalue weighted by atomic mass is 9.95. The summed E-state index contributed by atoms with van der Waals surface area (Å²) in [7, 11) is 3.98. The number of fused-ring (bicyclic) bond motifs is 2. The highest BCUT2D eigenvalue weighted by Crippen LogP contribution is 2.45. The minimum Gasteiger partial charge on any atom is -0.471 e. The maximum atomic E-state index is 5.92. The van der Waals surface area contributed by atoms with E-state index in [4.69, 9.17) is 4.74 Å². The van der Waals surface area contributed by atoms with Gasteiger partial charge < -0.3 is 19.9 Å². The minimum atomic E-state index is 0.226. The Balaban J connectivity index is 1.59. The predicted molar refractivity (Wildman–Crippen MR) is 144 cm³/mol. The molecule has 0 amide bonds. The Bertz CT molecular complexity index is 1470. The van der Waals surface area contributed by atoms with Gasteiger partial charge in [0, 0.05) is 43.8 Å². The Morgan fingerprint density at radius 3 is 2.83 bits per heavy atom. The Kier molecular flexibility index (Phi) is 6.01. The van der Waals surface area contributed by atoms with Gasteiger partial charge in [-0.15, -0.1) is 0 Å². The van der Waals surface area contributed by atoms with E-state index in [1.165, 1.54) is 0 Å². The molecule has 0 bridgehead atoms. The number of nitrogens with zero attached hydrogens (tertiary/aromatic N) is 5. The van der Waals surface area contributed by atoms with Crippen LogP contribution in [0.5, 0.6) is 5.75 Å². The monoisotopic (exact) mass is 465 g/mol. The second kappa shape index (κ2) is 9.42. The number of benzene rings is 2. The molecule has 8 heteroatoms. The van der Waals surface area contributed by atoms with Crippen LogP contribution in [0.2, 0.25) is 0 Å². The maximum absolute atomic E-state index is 5.92. The molecule has 2 N–H and O–H groups in total. The molecule has 8 nitrogen and oxygen atoms in total. The van der Waals surface area contributed by atoms with Crippen molar-refractivity contribution in [1.82, 2.24) is 14.5 Å². The van der Waals surface area contributed by atoms with Crippen LogP contribution in [0.15, 0.2) is 71.1 Å². The molecule has 0 atom stereocenters. The fourth-order valence-electron chi connectivity index (χ4n) is 4.43. The number of ether oxygens (including phenoxy) is 1. The van der Waals surface area contributed by atoms with Crippen LogP contribution < -0.4 is 15.4 Å². The molecule has 1 aliphatic heterocycles. The molecule has 4 aromatic rings. The van der Waals surface area contributed by atoms with Crippen molar-refractivity contribution in [2.24, 2.45) is 17.0 Å². The van der Waals surface area contributed by atoms with Crippen molar-refractivity contribution in [2.45, 2.75) is 13.5 Å². The van der Waals surface area contributed by atoms with Crippen molar-refractivity contribution >= 4 is 35.0 Å². The first-order valence-corrected chi connectivity index (χ1v) is 11.4. The largest absolute Gasteiger partial charge is 0.471 e. The van der Waals surface area contributed by atoms with Gasteiger partial charge in [-0.1, -0.05) is 18.2 Å². The van der Waals surface area contributed by atoms with Gasteiger partial charge in [0.2, 0.25) is 0 Å². The number of hydrogen-bond donors (Lipinski definition) is 2. The molecule has 0 saturated carbocycles. The van der Waals surface area contributed by atoms with Gasteiger partial charge in [0.1, 0.15) is 23.5 Å². The standard InChI is InChI=1S/C27H27N7O/c1-17(11-12-28-2)33-16-35-21-9-10-22-19(13-21)14-30-26-24-23(22)25(34(4)27(24)32-15-31-26)18-5-7-20(29-3)8-6-18/h5-13,15,29H,2,14,16H2,1,3-4H3,(H,30,31,32)/b12-11-,33-17?. The molecular formula is C27H27N7O. The second-order valence-electron chi connectivity index (χ2n) is 8.27. The van der Waals surface area contributed by atoms with Gasteiger partial charge >= 0.3 is 0 Å². The van der Waals surface area contributed by atoms with Crippen LogP contribution in [-0.2, 0) is 13.6 Å².